The number of hydrogen-bond donors (Lipinski definition) is 0. The van der Waals surface area contributed by atoms with Crippen LogP contribution >= 0.6 is 0 Å². The molecule has 2 bridgehead atoms. The molecule has 0 aromatic carbocycles. The van der Waals surface area contributed by atoms with E-state index in [1.54, 1.807) is 0 Å². The van der Waals surface area contributed by atoms with E-state index >= 15 is 0 Å². The average Bonchev–Trinajstić information content (AvgIpc) is 2.25. The molecule has 1 saturated heterocycles. The van der Waals surface area contributed by atoms with Crippen LogP contribution in [0.5, 0.6) is 0 Å². The summed E-state index contributed by atoms with van der Waals surface area (Å²) in [5.41, 5.74) is -1.43. The Balaban J connectivity index is 2.49. The lowest BCUT2D eigenvalue weighted by molar-refractivity contribution is -0.152. The van der Waals surface area contributed by atoms with E-state index in [4.69, 9.17) is 4.74 Å². The normalized spacial score (nSPS) is 37.5. The number of esters is 1. The zero-order chi connectivity index (χ0) is 9.64. The minimum absolute atomic E-state index is 0.323. The van der Waals surface area contributed by atoms with Crippen LogP contribution in [0.25, 0.3) is 0 Å². The fraction of sp³-hybridized carbons (Fsp3) is 0.667. The van der Waals surface area contributed by atoms with Crippen molar-refractivity contribution in [2.75, 3.05) is 0 Å². The number of Topliss-reactive ketones (excluding diaryl/α,β-unsaturated/α-hetero) is 2. The number of hydrogen-bond acceptors (Lipinski definition) is 4. The summed E-state index contributed by atoms with van der Waals surface area (Å²) in [7, 11) is 0. The van der Waals surface area contributed by atoms with Crippen molar-refractivity contribution in [3.05, 3.63) is 0 Å². The topological polar surface area (TPSA) is 60.4 Å². The monoisotopic (exact) mass is 182 g/mol. The van der Waals surface area contributed by atoms with Crippen LogP contribution < -0.4 is 0 Å². The molecule has 13 heavy (non-hydrogen) atoms. The van der Waals surface area contributed by atoms with Crippen LogP contribution in [0.4, 0.5) is 0 Å². The number of carbonyl (C=O) groups excluding carboxylic acids is 3. The molecule has 70 valence electrons. The van der Waals surface area contributed by atoms with E-state index < -0.39 is 17.5 Å². The highest BCUT2D eigenvalue weighted by Crippen LogP contribution is 2.42. The second-order valence-corrected chi connectivity index (χ2v) is 3.61. The van der Waals surface area contributed by atoms with E-state index in [-0.39, 0.29) is 11.6 Å². The van der Waals surface area contributed by atoms with Gasteiger partial charge in [0.2, 0.25) is 0 Å². The summed E-state index contributed by atoms with van der Waals surface area (Å²) in [5, 5.41) is 0. The molecule has 0 radical (unpaired) electrons. The predicted octanol–water partition coefficient (Wildman–Crippen LogP) is 0.240. The van der Waals surface area contributed by atoms with E-state index in [2.05, 4.69) is 0 Å². The molecule has 0 aromatic rings. The highest BCUT2D eigenvalue weighted by Gasteiger charge is 2.62. The molecular formula is C9H10O4. The summed E-state index contributed by atoms with van der Waals surface area (Å²) >= 11 is 0. The summed E-state index contributed by atoms with van der Waals surface area (Å²) in [6.07, 6.45) is 0.961. The van der Waals surface area contributed by atoms with Crippen LogP contribution in [-0.4, -0.2) is 23.6 Å². The third-order valence-electron chi connectivity index (χ3n) is 2.93. The maximum absolute atomic E-state index is 11.6. The predicted molar refractivity (Wildman–Crippen MR) is 41.9 cm³/mol. The van der Waals surface area contributed by atoms with E-state index in [1.807, 2.05) is 0 Å². The lowest BCUT2D eigenvalue weighted by Crippen LogP contribution is -2.43. The van der Waals surface area contributed by atoms with Gasteiger partial charge in [-0.15, -0.1) is 0 Å². The van der Waals surface area contributed by atoms with E-state index in [1.165, 1.54) is 6.92 Å². The minimum Gasteiger partial charge on any atom is -0.453 e. The Bertz CT molecular complexity index is 307. The lowest BCUT2D eigenvalue weighted by Gasteiger charge is -2.22. The zero-order valence-corrected chi connectivity index (χ0v) is 7.33. The van der Waals surface area contributed by atoms with Crippen molar-refractivity contribution >= 4 is 17.5 Å². The molecule has 0 N–H and O–H groups in total. The van der Waals surface area contributed by atoms with Gasteiger partial charge in [-0.1, -0.05) is 0 Å². The van der Waals surface area contributed by atoms with Gasteiger partial charge in [0.15, 0.2) is 23.1 Å². The summed E-state index contributed by atoms with van der Waals surface area (Å²) < 4.78 is 4.85. The number of ether oxygens (including phenoxy) is 1. The van der Waals surface area contributed by atoms with Crippen LogP contribution in [0, 0.1) is 5.41 Å². The average molecular weight is 182 g/mol. The van der Waals surface area contributed by atoms with Gasteiger partial charge in [-0.2, -0.15) is 0 Å². The molecule has 2 unspecified atom stereocenters. The molecule has 1 saturated carbocycles. The van der Waals surface area contributed by atoms with Crippen LogP contribution in [0.3, 0.4) is 0 Å². The molecule has 2 aliphatic rings. The summed E-state index contributed by atoms with van der Waals surface area (Å²) in [5.74, 6) is -1.33. The molecule has 0 amide bonds. The van der Waals surface area contributed by atoms with Gasteiger partial charge in [0.1, 0.15) is 0 Å². The van der Waals surface area contributed by atoms with Crippen molar-refractivity contribution in [2.45, 2.75) is 32.3 Å². The quantitative estimate of drug-likeness (QED) is 0.430. The Morgan fingerprint density at radius 3 is 2.77 bits per heavy atom. The van der Waals surface area contributed by atoms with Crippen molar-refractivity contribution in [2.24, 2.45) is 5.41 Å². The van der Waals surface area contributed by atoms with Gasteiger partial charge >= 0.3 is 5.97 Å². The van der Waals surface area contributed by atoms with Crippen LogP contribution in [-0.2, 0) is 19.1 Å². The zero-order valence-electron chi connectivity index (χ0n) is 7.33. The SMILES string of the molecule is CC(=O)C12CCCC(OC1=O)C2=O. The molecule has 1 heterocycles. The summed E-state index contributed by atoms with van der Waals surface area (Å²) in [6.45, 7) is 1.28. The van der Waals surface area contributed by atoms with Gasteiger partial charge in [-0.25, -0.2) is 0 Å². The molecule has 0 aromatic heterocycles. The molecule has 1 aliphatic heterocycles. The highest BCUT2D eigenvalue weighted by molar-refractivity contribution is 6.26. The first-order valence-corrected chi connectivity index (χ1v) is 4.35. The van der Waals surface area contributed by atoms with Crippen molar-refractivity contribution in [3.8, 4) is 0 Å². The molecule has 4 nitrogen and oxygen atoms in total. The number of carbonyl (C=O) groups is 3. The van der Waals surface area contributed by atoms with Crippen molar-refractivity contribution in [1.29, 1.82) is 0 Å². The highest BCUT2D eigenvalue weighted by atomic mass is 16.6. The number of fused-ring (bicyclic) bond motifs is 2. The Hall–Kier alpha value is -1.19. The largest absolute Gasteiger partial charge is 0.453 e. The van der Waals surface area contributed by atoms with Crippen LogP contribution in [0.2, 0.25) is 0 Å². The molecule has 2 rings (SSSR count). The van der Waals surface area contributed by atoms with Gasteiger partial charge in [0.05, 0.1) is 0 Å². The molecule has 2 fully saturated rings. The van der Waals surface area contributed by atoms with Crippen molar-refractivity contribution < 1.29 is 19.1 Å². The van der Waals surface area contributed by atoms with E-state index in [0.717, 1.165) is 0 Å². The second kappa shape index (κ2) is 2.40. The molecule has 1 aliphatic carbocycles. The lowest BCUT2D eigenvalue weighted by atomic mass is 9.72. The van der Waals surface area contributed by atoms with Gasteiger partial charge < -0.3 is 4.74 Å². The van der Waals surface area contributed by atoms with Crippen LogP contribution in [0.1, 0.15) is 26.2 Å². The van der Waals surface area contributed by atoms with Crippen LogP contribution in [0.15, 0.2) is 0 Å². The van der Waals surface area contributed by atoms with Gasteiger partial charge in [0.25, 0.3) is 0 Å². The first-order valence-electron chi connectivity index (χ1n) is 4.35. The summed E-state index contributed by atoms with van der Waals surface area (Å²) in [6, 6.07) is 0. The third-order valence-corrected chi connectivity index (χ3v) is 2.93. The van der Waals surface area contributed by atoms with Gasteiger partial charge in [-0.05, 0) is 26.2 Å². The smallest absolute Gasteiger partial charge is 0.328 e. The van der Waals surface area contributed by atoms with Gasteiger partial charge in [-0.3, -0.25) is 14.4 Å². The number of rotatable bonds is 1. The molecule has 4 heteroatoms. The van der Waals surface area contributed by atoms with E-state index in [9.17, 15) is 14.4 Å². The third kappa shape index (κ3) is 0.829. The Labute approximate surface area is 75.2 Å². The fourth-order valence-corrected chi connectivity index (χ4v) is 2.12. The maximum atomic E-state index is 11.6. The molecule has 2 atom stereocenters. The minimum atomic E-state index is -1.43. The maximum Gasteiger partial charge on any atom is 0.328 e. The second-order valence-electron chi connectivity index (χ2n) is 3.61. The molecular weight excluding hydrogens is 172 g/mol. The first kappa shape index (κ1) is 8.41. The van der Waals surface area contributed by atoms with Crippen molar-refractivity contribution in [1.82, 2.24) is 0 Å². The first-order chi connectivity index (χ1) is 6.09. The Kier molecular flexibility index (Phi) is 1.55. The molecule has 0 spiro atoms. The Morgan fingerprint density at radius 2 is 2.23 bits per heavy atom. The Morgan fingerprint density at radius 1 is 1.54 bits per heavy atom. The summed E-state index contributed by atoms with van der Waals surface area (Å²) in [4.78, 5) is 34.2. The van der Waals surface area contributed by atoms with Crippen molar-refractivity contribution in [3.63, 3.8) is 0 Å². The standard InChI is InChI=1S/C9H10O4/c1-5(10)9-4-2-3-6(7(9)11)13-8(9)12/h6H,2-4H2,1H3. The fourth-order valence-electron chi connectivity index (χ4n) is 2.12. The number of ketones is 2. The van der Waals surface area contributed by atoms with E-state index in [0.29, 0.717) is 19.3 Å². The van der Waals surface area contributed by atoms with Gasteiger partial charge in [0, 0.05) is 0 Å².